The molecule has 7 heteroatoms. The summed E-state index contributed by atoms with van der Waals surface area (Å²) in [6.45, 7) is 1.60. The van der Waals surface area contributed by atoms with Crippen LogP contribution in [0.5, 0.6) is 0 Å². The molecule has 0 saturated heterocycles. The maximum Gasteiger partial charge on any atom is 0.446 e. The molecule has 0 bridgehead atoms. The van der Waals surface area contributed by atoms with Gasteiger partial charge in [0.1, 0.15) is 0 Å². The Kier molecular flexibility index (Phi) is 6.06. The van der Waals surface area contributed by atoms with E-state index in [1.165, 1.54) is 18.2 Å². The van der Waals surface area contributed by atoms with E-state index in [-0.39, 0.29) is 29.7 Å². The first-order valence-corrected chi connectivity index (χ1v) is 6.51. The summed E-state index contributed by atoms with van der Waals surface area (Å²) in [5.41, 5.74) is -3.90. The summed E-state index contributed by atoms with van der Waals surface area (Å²) in [5, 5.41) is 0. The molecule has 0 atom stereocenters. The Morgan fingerprint density at radius 3 is 2.70 bits per heavy atom. The molecule has 0 aliphatic rings. The number of carbonyl (C=O) groups excluding carboxylic acids is 1. The van der Waals surface area contributed by atoms with E-state index in [1.54, 1.807) is 13.0 Å². The van der Waals surface area contributed by atoms with Gasteiger partial charge in [0.05, 0.1) is 6.61 Å². The van der Waals surface area contributed by atoms with Crippen molar-refractivity contribution in [1.82, 2.24) is 0 Å². The van der Waals surface area contributed by atoms with Gasteiger partial charge in [-0.1, -0.05) is 12.1 Å². The lowest BCUT2D eigenvalue weighted by Crippen LogP contribution is -2.04. The van der Waals surface area contributed by atoms with Crippen LogP contribution in [0, 0.1) is 0 Å². The number of allylic oxidation sites excluding steroid dienone is 1. The van der Waals surface area contributed by atoms with Crippen molar-refractivity contribution in [2.24, 2.45) is 0 Å². The maximum absolute atomic E-state index is 13.2. The minimum absolute atomic E-state index is 0.0108. The van der Waals surface area contributed by atoms with Crippen LogP contribution < -0.4 is 0 Å². The Morgan fingerprint density at radius 1 is 1.40 bits per heavy atom. The van der Waals surface area contributed by atoms with E-state index in [4.69, 9.17) is 0 Å². The standard InChI is InChI=1S/C13H12F4O2S/c1-2-19-12(18)11(14)7-6-9-4-3-5-10(8-9)20-13(15,16)17/h3-5,7-8H,2,6H2,1H3. The van der Waals surface area contributed by atoms with Crippen LogP contribution in [-0.4, -0.2) is 18.1 Å². The van der Waals surface area contributed by atoms with Crippen molar-refractivity contribution in [2.45, 2.75) is 23.7 Å². The van der Waals surface area contributed by atoms with Gasteiger partial charge in [-0.05, 0) is 48.9 Å². The van der Waals surface area contributed by atoms with Crippen molar-refractivity contribution in [1.29, 1.82) is 0 Å². The van der Waals surface area contributed by atoms with Crippen LogP contribution in [0.4, 0.5) is 17.6 Å². The van der Waals surface area contributed by atoms with Crippen molar-refractivity contribution < 1.29 is 27.1 Å². The number of hydrogen-bond donors (Lipinski definition) is 0. The summed E-state index contributed by atoms with van der Waals surface area (Å²) in [5.74, 6) is -2.13. The predicted molar refractivity (Wildman–Crippen MR) is 67.9 cm³/mol. The summed E-state index contributed by atoms with van der Waals surface area (Å²) in [4.78, 5) is 11.0. The molecule has 110 valence electrons. The fraction of sp³-hybridized carbons (Fsp3) is 0.308. The number of rotatable bonds is 5. The van der Waals surface area contributed by atoms with E-state index in [2.05, 4.69) is 4.74 Å². The van der Waals surface area contributed by atoms with Gasteiger partial charge in [0.25, 0.3) is 0 Å². The lowest BCUT2D eigenvalue weighted by atomic mass is 10.1. The zero-order chi connectivity index (χ0) is 15.2. The number of ether oxygens (including phenoxy) is 1. The number of benzene rings is 1. The van der Waals surface area contributed by atoms with Crippen molar-refractivity contribution in [3.8, 4) is 0 Å². The van der Waals surface area contributed by atoms with E-state index in [1.807, 2.05) is 0 Å². The highest BCUT2D eigenvalue weighted by Crippen LogP contribution is 2.36. The number of hydrogen-bond acceptors (Lipinski definition) is 3. The van der Waals surface area contributed by atoms with Crippen molar-refractivity contribution >= 4 is 17.7 Å². The lowest BCUT2D eigenvalue weighted by Gasteiger charge is -2.06. The molecule has 20 heavy (non-hydrogen) atoms. The van der Waals surface area contributed by atoms with Crippen LogP contribution in [0.1, 0.15) is 12.5 Å². The number of alkyl halides is 3. The number of thioether (sulfide) groups is 1. The smallest absolute Gasteiger partial charge is 0.446 e. The molecule has 0 heterocycles. The van der Waals surface area contributed by atoms with Gasteiger partial charge in [-0.2, -0.15) is 17.6 Å². The molecule has 0 aliphatic carbocycles. The molecule has 0 saturated carbocycles. The molecule has 1 rings (SSSR count). The SMILES string of the molecule is CCOC(=O)C(F)=CCc1cccc(SC(F)(F)F)c1. The first-order valence-electron chi connectivity index (χ1n) is 5.69. The van der Waals surface area contributed by atoms with E-state index >= 15 is 0 Å². The third-order valence-electron chi connectivity index (χ3n) is 2.12. The van der Waals surface area contributed by atoms with Crippen LogP contribution >= 0.6 is 11.8 Å². The van der Waals surface area contributed by atoms with Gasteiger partial charge in [0.2, 0.25) is 5.83 Å². The average molecular weight is 308 g/mol. The molecule has 0 amide bonds. The largest absolute Gasteiger partial charge is 0.461 e. The fourth-order valence-electron chi connectivity index (χ4n) is 1.36. The molecular weight excluding hydrogens is 296 g/mol. The minimum atomic E-state index is -4.37. The van der Waals surface area contributed by atoms with Crippen LogP contribution in [0.3, 0.4) is 0 Å². The van der Waals surface area contributed by atoms with Crippen molar-refractivity contribution in [3.63, 3.8) is 0 Å². The average Bonchev–Trinajstić information content (AvgIpc) is 2.34. The molecule has 0 fully saturated rings. The van der Waals surface area contributed by atoms with Crippen LogP contribution in [0.25, 0.3) is 0 Å². The zero-order valence-electron chi connectivity index (χ0n) is 10.5. The molecule has 0 unspecified atom stereocenters. The molecule has 0 spiro atoms. The van der Waals surface area contributed by atoms with Crippen LogP contribution in [-0.2, 0) is 16.0 Å². The topological polar surface area (TPSA) is 26.3 Å². The minimum Gasteiger partial charge on any atom is -0.461 e. The van der Waals surface area contributed by atoms with Gasteiger partial charge in [0.15, 0.2) is 0 Å². The predicted octanol–water partition coefficient (Wildman–Crippen LogP) is 4.26. The Hall–Kier alpha value is -1.50. The van der Waals surface area contributed by atoms with Gasteiger partial charge in [-0.3, -0.25) is 0 Å². The second-order valence-corrected chi connectivity index (χ2v) is 4.81. The van der Waals surface area contributed by atoms with E-state index < -0.39 is 17.3 Å². The second-order valence-electron chi connectivity index (χ2n) is 3.67. The van der Waals surface area contributed by atoms with E-state index in [0.717, 1.165) is 6.08 Å². The monoisotopic (exact) mass is 308 g/mol. The van der Waals surface area contributed by atoms with Gasteiger partial charge >= 0.3 is 11.5 Å². The van der Waals surface area contributed by atoms with Crippen molar-refractivity contribution in [3.05, 3.63) is 41.7 Å². The summed E-state index contributed by atoms with van der Waals surface area (Å²) >= 11 is -0.242. The lowest BCUT2D eigenvalue weighted by molar-refractivity contribution is -0.140. The van der Waals surface area contributed by atoms with Gasteiger partial charge in [0, 0.05) is 4.90 Å². The zero-order valence-corrected chi connectivity index (χ0v) is 11.4. The second kappa shape index (κ2) is 7.33. The number of carbonyl (C=O) groups is 1. The van der Waals surface area contributed by atoms with Crippen molar-refractivity contribution in [2.75, 3.05) is 6.61 Å². The fourth-order valence-corrected chi connectivity index (χ4v) is 1.98. The highest BCUT2D eigenvalue weighted by atomic mass is 32.2. The molecule has 0 N–H and O–H groups in total. The van der Waals surface area contributed by atoms with Gasteiger partial charge in [-0.15, -0.1) is 0 Å². The maximum atomic E-state index is 13.2. The molecule has 1 aromatic carbocycles. The number of halogens is 4. The highest BCUT2D eigenvalue weighted by Gasteiger charge is 2.29. The summed E-state index contributed by atoms with van der Waals surface area (Å²) in [6, 6.07) is 5.61. The summed E-state index contributed by atoms with van der Waals surface area (Å²) in [7, 11) is 0. The molecule has 0 radical (unpaired) electrons. The summed E-state index contributed by atoms with van der Waals surface area (Å²) < 4.78 is 54.3. The Bertz CT molecular complexity index is 497. The third-order valence-corrected chi connectivity index (χ3v) is 2.84. The van der Waals surface area contributed by atoms with E-state index in [9.17, 15) is 22.4 Å². The van der Waals surface area contributed by atoms with E-state index in [0.29, 0.717) is 5.56 Å². The molecule has 0 aromatic heterocycles. The normalized spacial score (nSPS) is 12.3. The molecule has 1 aromatic rings. The first-order chi connectivity index (χ1) is 9.31. The Balaban J connectivity index is 2.71. The highest BCUT2D eigenvalue weighted by molar-refractivity contribution is 8.00. The van der Waals surface area contributed by atoms with Crippen LogP contribution in [0.15, 0.2) is 41.1 Å². The van der Waals surface area contributed by atoms with Gasteiger partial charge < -0.3 is 4.74 Å². The number of esters is 1. The Labute approximate surface area is 117 Å². The Morgan fingerprint density at radius 2 is 2.10 bits per heavy atom. The third kappa shape index (κ3) is 6.10. The summed E-state index contributed by atoms with van der Waals surface area (Å²) in [6.07, 6.45) is 0.992. The quantitative estimate of drug-likeness (QED) is 0.352. The van der Waals surface area contributed by atoms with Gasteiger partial charge in [-0.25, -0.2) is 4.79 Å². The van der Waals surface area contributed by atoms with Crippen LogP contribution in [0.2, 0.25) is 0 Å². The first kappa shape index (κ1) is 16.6. The molecule has 0 aliphatic heterocycles. The molecular formula is C13H12F4O2S. The molecule has 2 nitrogen and oxygen atoms in total.